The zero-order chi connectivity index (χ0) is 12.1. The van der Waals surface area contributed by atoms with Gasteiger partial charge in [0.1, 0.15) is 6.04 Å². The van der Waals surface area contributed by atoms with Crippen molar-refractivity contribution < 1.29 is 4.74 Å². The Morgan fingerprint density at radius 2 is 2.24 bits per heavy atom. The van der Waals surface area contributed by atoms with Gasteiger partial charge in [0.15, 0.2) is 0 Å². The number of hydrogen-bond acceptors (Lipinski definition) is 5. The van der Waals surface area contributed by atoms with Crippen LogP contribution in [-0.2, 0) is 0 Å². The second-order valence-electron chi connectivity index (χ2n) is 3.95. The molecule has 5 nitrogen and oxygen atoms in total. The fourth-order valence-corrected chi connectivity index (χ4v) is 1.98. The van der Waals surface area contributed by atoms with Gasteiger partial charge in [0.2, 0.25) is 5.88 Å². The minimum absolute atomic E-state index is 0.212. The highest BCUT2D eigenvalue weighted by atomic mass is 16.5. The van der Waals surface area contributed by atoms with Crippen molar-refractivity contribution in [1.29, 1.82) is 5.26 Å². The smallest absolute Gasteiger partial charge is 0.212 e. The van der Waals surface area contributed by atoms with E-state index in [1.54, 1.807) is 19.4 Å². The molecule has 0 spiro atoms. The van der Waals surface area contributed by atoms with Crippen molar-refractivity contribution in [1.82, 2.24) is 15.2 Å². The number of pyridine rings is 1. The van der Waals surface area contributed by atoms with Crippen LogP contribution in [0.3, 0.4) is 0 Å². The normalized spacial score (nSPS) is 18.4. The van der Waals surface area contributed by atoms with E-state index < -0.39 is 0 Å². The third-order valence-corrected chi connectivity index (χ3v) is 2.92. The molecular formula is C12H16N4O. The van der Waals surface area contributed by atoms with Gasteiger partial charge in [-0.2, -0.15) is 5.26 Å². The Hall–Kier alpha value is -1.64. The van der Waals surface area contributed by atoms with Gasteiger partial charge in [-0.3, -0.25) is 4.90 Å². The summed E-state index contributed by atoms with van der Waals surface area (Å²) in [5.41, 5.74) is 0.926. The average Bonchev–Trinajstić information content (AvgIpc) is 2.42. The van der Waals surface area contributed by atoms with Gasteiger partial charge in [-0.1, -0.05) is 0 Å². The van der Waals surface area contributed by atoms with Gasteiger partial charge in [0.25, 0.3) is 0 Å². The number of nitriles is 1. The monoisotopic (exact) mass is 232 g/mol. The first kappa shape index (κ1) is 11.8. The molecule has 0 radical (unpaired) electrons. The van der Waals surface area contributed by atoms with Crippen molar-refractivity contribution in [3.63, 3.8) is 0 Å². The topological polar surface area (TPSA) is 61.2 Å². The Bertz CT molecular complexity index is 392. The Morgan fingerprint density at radius 3 is 2.76 bits per heavy atom. The van der Waals surface area contributed by atoms with Crippen LogP contribution in [0.1, 0.15) is 11.6 Å². The van der Waals surface area contributed by atoms with E-state index >= 15 is 0 Å². The van der Waals surface area contributed by atoms with Gasteiger partial charge in [-0.15, -0.1) is 0 Å². The Morgan fingerprint density at radius 1 is 1.47 bits per heavy atom. The molecule has 1 fully saturated rings. The lowest BCUT2D eigenvalue weighted by molar-refractivity contribution is 0.207. The molecule has 1 unspecified atom stereocenters. The molecule has 1 saturated heterocycles. The first-order valence-corrected chi connectivity index (χ1v) is 5.69. The Balaban J connectivity index is 2.13. The van der Waals surface area contributed by atoms with Gasteiger partial charge in [0.05, 0.1) is 13.2 Å². The minimum atomic E-state index is -0.212. The van der Waals surface area contributed by atoms with E-state index in [1.807, 2.05) is 6.07 Å². The number of aromatic nitrogens is 1. The molecule has 1 aliphatic rings. The summed E-state index contributed by atoms with van der Waals surface area (Å²) >= 11 is 0. The summed E-state index contributed by atoms with van der Waals surface area (Å²) in [5, 5.41) is 12.6. The zero-order valence-corrected chi connectivity index (χ0v) is 9.89. The van der Waals surface area contributed by atoms with E-state index in [0.717, 1.165) is 31.7 Å². The number of hydrogen-bond donors (Lipinski definition) is 1. The zero-order valence-electron chi connectivity index (χ0n) is 9.89. The van der Waals surface area contributed by atoms with Crippen molar-refractivity contribution in [3.05, 3.63) is 23.9 Å². The van der Waals surface area contributed by atoms with Gasteiger partial charge in [-0.05, 0) is 6.07 Å². The molecule has 90 valence electrons. The lowest BCUT2D eigenvalue weighted by Crippen LogP contribution is -2.44. The van der Waals surface area contributed by atoms with Crippen LogP contribution in [0, 0.1) is 11.3 Å². The number of piperazine rings is 1. The summed E-state index contributed by atoms with van der Waals surface area (Å²) in [7, 11) is 1.58. The van der Waals surface area contributed by atoms with Crippen molar-refractivity contribution in [3.8, 4) is 11.9 Å². The van der Waals surface area contributed by atoms with Crippen molar-refractivity contribution >= 4 is 0 Å². The van der Waals surface area contributed by atoms with E-state index in [-0.39, 0.29) is 6.04 Å². The van der Waals surface area contributed by atoms with Crippen LogP contribution in [-0.4, -0.2) is 43.2 Å². The van der Waals surface area contributed by atoms with Crippen LogP contribution in [0.2, 0.25) is 0 Å². The molecule has 0 bridgehead atoms. The van der Waals surface area contributed by atoms with E-state index in [2.05, 4.69) is 21.3 Å². The second kappa shape index (κ2) is 5.62. The molecule has 0 saturated carbocycles. The first-order valence-electron chi connectivity index (χ1n) is 5.69. The molecule has 1 aliphatic heterocycles. The summed E-state index contributed by atoms with van der Waals surface area (Å²) in [5.74, 6) is 0.575. The summed E-state index contributed by atoms with van der Waals surface area (Å²) in [6.45, 7) is 3.65. The third-order valence-electron chi connectivity index (χ3n) is 2.92. The molecule has 5 heteroatoms. The first-order chi connectivity index (χ1) is 8.35. The van der Waals surface area contributed by atoms with Crippen LogP contribution < -0.4 is 10.1 Å². The maximum atomic E-state index is 9.29. The van der Waals surface area contributed by atoms with E-state index in [1.165, 1.54) is 0 Å². The minimum Gasteiger partial charge on any atom is -0.481 e. The fourth-order valence-electron chi connectivity index (χ4n) is 1.98. The van der Waals surface area contributed by atoms with Crippen LogP contribution in [0.4, 0.5) is 0 Å². The number of rotatable bonds is 3. The van der Waals surface area contributed by atoms with Crippen LogP contribution >= 0.6 is 0 Å². The summed E-state index contributed by atoms with van der Waals surface area (Å²) in [4.78, 5) is 6.31. The van der Waals surface area contributed by atoms with Crippen LogP contribution in [0.15, 0.2) is 18.3 Å². The van der Waals surface area contributed by atoms with E-state index in [4.69, 9.17) is 4.74 Å². The maximum absolute atomic E-state index is 9.29. The molecule has 0 amide bonds. The standard InChI is InChI=1S/C12H16N4O/c1-17-12-3-2-10(9-15-12)11(8-13)16-6-4-14-5-7-16/h2-3,9,11,14H,4-7H2,1H3. The molecule has 1 aromatic rings. The molecule has 1 aromatic heterocycles. The largest absolute Gasteiger partial charge is 0.481 e. The predicted molar refractivity (Wildman–Crippen MR) is 63.6 cm³/mol. The van der Waals surface area contributed by atoms with Crippen LogP contribution in [0.5, 0.6) is 5.88 Å². The number of methoxy groups -OCH3 is 1. The number of nitrogens with one attached hydrogen (secondary N) is 1. The summed E-state index contributed by atoms with van der Waals surface area (Å²) < 4.78 is 5.01. The average molecular weight is 232 g/mol. The molecular weight excluding hydrogens is 216 g/mol. The molecule has 2 heterocycles. The van der Waals surface area contributed by atoms with Gasteiger partial charge in [0, 0.05) is 44.0 Å². The van der Waals surface area contributed by atoms with Crippen molar-refractivity contribution in [2.75, 3.05) is 33.3 Å². The highest BCUT2D eigenvalue weighted by molar-refractivity contribution is 5.25. The fraction of sp³-hybridized carbons (Fsp3) is 0.500. The second-order valence-corrected chi connectivity index (χ2v) is 3.95. The summed E-state index contributed by atoms with van der Waals surface area (Å²) in [6.07, 6.45) is 1.72. The lowest BCUT2D eigenvalue weighted by atomic mass is 10.1. The molecule has 0 aromatic carbocycles. The Kier molecular flexibility index (Phi) is 3.91. The molecule has 2 rings (SSSR count). The quantitative estimate of drug-likeness (QED) is 0.825. The number of nitrogens with zero attached hydrogens (tertiary/aromatic N) is 3. The highest BCUT2D eigenvalue weighted by Gasteiger charge is 2.21. The highest BCUT2D eigenvalue weighted by Crippen LogP contribution is 2.20. The molecule has 1 N–H and O–H groups in total. The molecule has 0 aliphatic carbocycles. The van der Waals surface area contributed by atoms with Crippen LogP contribution in [0.25, 0.3) is 0 Å². The summed E-state index contributed by atoms with van der Waals surface area (Å²) in [6, 6.07) is 5.83. The molecule has 1 atom stereocenters. The van der Waals surface area contributed by atoms with E-state index in [0.29, 0.717) is 5.88 Å². The third kappa shape index (κ3) is 2.73. The maximum Gasteiger partial charge on any atom is 0.212 e. The van der Waals surface area contributed by atoms with Gasteiger partial charge >= 0.3 is 0 Å². The molecule has 17 heavy (non-hydrogen) atoms. The predicted octanol–water partition coefficient (Wildman–Crippen LogP) is 0.560. The number of ether oxygens (including phenoxy) is 1. The lowest BCUT2D eigenvalue weighted by Gasteiger charge is -2.31. The van der Waals surface area contributed by atoms with Crippen molar-refractivity contribution in [2.24, 2.45) is 0 Å². The van der Waals surface area contributed by atoms with Crippen molar-refractivity contribution in [2.45, 2.75) is 6.04 Å². The SMILES string of the molecule is COc1ccc(C(C#N)N2CCNCC2)cn1. The van der Waals surface area contributed by atoms with Gasteiger partial charge in [-0.25, -0.2) is 4.98 Å². The van der Waals surface area contributed by atoms with Gasteiger partial charge < -0.3 is 10.1 Å². The van der Waals surface area contributed by atoms with E-state index in [9.17, 15) is 5.26 Å². The Labute approximate surface area is 101 Å².